The molecule has 25 heavy (non-hydrogen) atoms. The van der Waals surface area contributed by atoms with Crippen LogP contribution in [-0.2, 0) is 16.0 Å². The Kier molecular flexibility index (Phi) is 5.95. The molecule has 7 nitrogen and oxygen atoms in total. The number of aryl methyl sites for hydroxylation is 1. The number of aliphatic carboxylic acids is 2. The quantitative estimate of drug-likeness (QED) is 0.601. The van der Waals surface area contributed by atoms with Crippen molar-refractivity contribution in [2.45, 2.75) is 25.4 Å². The largest absolute Gasteiger partial charge is 0.478 e. The molecule has 0 radical (unpaired) electrons. The molecule has 0 bridgehead atoms. The summed E-state index contributed by atoms with van der Waals surface area (Å²) in [6, 6.07) is 5.48. The molecule has 0 fully saturated rings. The van der Waals surface area contributed by atoms with Gasteiger partial charge >= 0.3 is 11.9 Å². The number of nitrogen functional groups attached to an aromatic ring is 1. The van der Waals surface area contributed by atoms with Crippen LogP contribution in [0.25, 0.3) is 10.9 Å². The van der Waals surface area contributed by atoms with Gasteiger partial charge in [-0.2, -0.15) is 0 Å². The van der Waals surface area contributed by atoms with E-state index in [1.54, 1.807) is 6.07 Å². The number of anilines is 1. The molecule has 1 aliphatic rings. The van der Waals surface area contributed by atoms with Gasteiger partial charge in [-0.25, -0.2) is 9.59 Å². The number of aliphatic hydroxyl groups is 1. The normalized spacial score (nSPS) is 16.2. The number of hydrogen-bond donors (Lipinski definition) is 4. The van der Waals surface area contributed by atoms with E-state index in [0.717, 1.165) is 41.4 Å². The van der Waals surface area contributed by atoms with Crippen molar-refractivity contribution in [3.05, 3.63) is 46.6 Å². The van der Waals surface area contributed by atoms with E-state index in [1.807, 2.05) is 12.1 Å². The second kappa shape index (κ2) is 7.96. The van der Waals surface area contributed by atoms with Gasteiger partial charge in [0.05, 0.1) is 11.6 Å². The fourth-order valence-electron chi connectivity index (χ4n) is 2.64. The standard InChI is InChI=1S/C13H13ClN2O.C4H4O4/c14-7-4-5-9-8(6-7)13(15)12-10(16-9)2-1-3-11(12)17;5-3(6)1-2-4(7)8/h4-6,11,17H,1-3H2,(H2,15,16);1-2H,(H,5,6)(H,7,8)/b;2-1-. The smallest absolute Gasteiger partial charge is 0.328 e. The van der Waals surface area contributed by atoms with Gasteiger partial charge in [-0.1, -0.05) is 11.6 Å². The number of rotatable bonds is 2. The average molecular weight is 365 g/mol. The lowest BCUT2D eigenvalue weighted by Crippen LogP contribution is -2.14. The van der Waals surface area contributed by atoms with Crippen LogP contribution in [-0.4, -0.2) is 32.2 Å². The van der Waals surface area contributed by atoms with Crippen molar-refractivity contribution < 1.29 is 24.9 Å². The Labute approximate surface area is 148 Å². The highest BCUT2D eigenvalue weighted by atomic mass is 35.5. The summed E-state index contributed by atoms with van der Waals surface area (Å²) < 4.78 is 0. The van der Waals surface area contributed by atoms with E-state index in [2.05, 4.69) is 4.98 Å². The average Bonchev–Trinajstić information content (AvgIpc) is 2.54. The molecule has 0 aliphatic heterocycles. The predicted octanol–water partition coefficient (Wildman–Crippen LogP) is 2.55. The van der Waals surface area contributed by atoms with Crippen LogP contribution in [0.15, 0.2) is 30.4 Å². The first kappa shape index (κ1) is 18.7. The van der Waals surface area contributed by atoms with E-state index in [-0.39, 0.29) is 0 Å². The zero-order valence-corrected chi connectivity index (χ0v) is 13.9. The van der Waals surface area contributed by atoms with Crippen molar-refractivity contribution in [1.29, 1.82) is 0 Å². The molecular formula is C17H17ClN2O5. The summed E-state index contributed by atoms with van der Waals surface area (Å²) in [5.41, 5.74) is 9.34. The Morgan fingerprint density at radius 3 is 2.48 bits per heavy atom. The van der Waals surface area contributed by atoms with Crippen LogP contribution in [0.4, 0.5) is 5.69 Å². The van der Waals surface area contributed by atoms with E-state index in [0.29, 0.717) is 22.9 Å². The van der Waals surface area contributed by atoms with Gasteiger partial charge in [0.1, 0.15) is 0 Å². The lowest BCUT2D eigenvalue weighted by Gasteiger charge is -2.23. The van der Waals surface area contributed by atoms with Crippen LogP contribution >= 0.6 is 11.6 Å². The van der Waals surface area contributed by atoms with Crippen molar-refractivity contribution in [3.63, 3.8) is 0 Å². The van der Waals surface area contributed by atoms with Crippen molar-refractivity contribution >= 4 is 40.1 Å². The molecule has 0 amide bonds. The van der Waals surface area contributed by atoms with E-state index >= 15 is 0 Å². The van der Waals surface area contributed by atoms with E-state index < -0.39 is 18.0 Å². The topological polar surface area (TPSA) is 134 Å². The van der Waals surface area contributed by atoms with Crippen LogP contribution in [0, 0.1) is 0 Å². The SMILES string of the molecule is Nc1c2c(nc3ccc(Cl)cc13)CCCC2O.O=C(O)/C=C\C(=O)O. The minimum absolute atomic E-state index is 0.491. The summed E-state index contributed by atoms with van der Waals surface area (Å²) in [6.07, 6.45) is 3.22. The molecule has 1 aliphatic carbocycles. The highest BCUT2D eigenvalue weighted by Gasteiger charge is 2.23. The summed E-state index contributed by atoms with van der Waals surface area (Å²) in [4.78, 5) is 23.7. The number of carboxylic acid groups (broad SMARTS) is 2. The third-order valence-electron chi connectivity index (χ3n) is 3.70. The zero-order chi connectivity index (χ0) is 18.6. The van der Waals surface area contributed by atoms with Crippen molar-refractivity contribution in [1.82, 2.24) is 4.98 Å². The number of carbonyl (C=O) groups is 2. The maximum absolute atomic E-state index is 10.0. The fraction of sp³-hybridized carbons (Fsp3) is 0.235. The van der Waals surface area contributed by atoms with Crippen LogP contribution in [0.5, 0.6) is 0 Å². The molecule has 1 unspecified atom stereocenters. The summed E-state index contributed by atoms with van der Waals surface area (Å²) >= 11 is 5.96. The molecular weight excluding hydrogens is 348 g/mol. The predicted molar refractivity (Wildman–Crippen MR) is 93.5 cm³/mol. The number of hydrogen-bond acceptors (Lipinski definition) is 5. The lowest BCUT2D eigenvalue weighted by molar-refractivity contribution is -0.134. The summed E-state index contributed by atoms with van der Waals surface area (Å²) in [5.74, 6) is -2.51. The third kappa shape index (κ3) is 4.68. The van der Waals surface area contributed by atoms with Gasteiger partial charge in [0.15, 0.2) is 0 Å². The monoisotopic (exact) mass is 364 g/mol. The molecule has 2 aromatic rings. The molecule has 0 spiro atoms. The van der Waals surface area contributed by atoms with Gasteiger partial charge in [0, 0.05) is 39.5 Å². The number of aliphatic hydroxyl groups excluding tert-OH is 1. The molecule has 5 N–H and O–H groups in total. The van der Waals surface area contributed by atoms with Crippen molar-refractivity contribution in [2.75, 3.05) is 5.73 Å². The number of fused-ring (bicyclic) bond motifs is 2. The van der Waals surface area contributed by atoms with Crippen molar-refractivity contribution in [3.8, 4) is 0 Å². The molecule has 132 valence electrons. The fourth-order valence-corrected chi connectivity index (χ4v) is 2.81. The van der Waals surface area contributed by atoms with Gasteiger partial charge in [-0.05, 0) is 37.5 Å². The van der Waals surface area contributed by atoms with Crippen LogP contribution in [0.1, 0.15) is 30.2 Å². The number of halogens is 1. The molecule has 1 heterocycles. The van der Waals surface area contributed by atoms with Gasteiger partial charge in [0.25, 0.3) is 0 Å². The number of carboxylic acids is 2. The van der Waals surface area contributed by atoms with E-state index in [4.69, 9.17) is 27.5 Å². The Bertz CT molecular complexity index is 835. The summed E-state index contributed by atoms with van der Waals surface area (Å²) in [5, 5.41) is 27.1. The summed E-state index contributed by atoms with van der Waals surface area (Å²) in [6.45, 7) is 0. The van der Waals surface area contributed by atoms with Gasteiger partial charge in [0.2, 0.25) is 0 Å². The van der Waals surface area contributed by atoms with Gasteiger partial charge in [-0.15, -0.1) is 0 Å². The minimum Gasteiger partial charge on any atom is -0.478 e. The molecule has 0 saturated carbocycles. The van der Waals surface area contributed by atoms with Crippen molar-refractivity contribution in [2.24, 2.45) is 0 Å². The number of aromatic nitrogens is 1. The first-order valence-electron chi connectivity index (χ1n) is 7.49. The van der Waals surface area contributed by atoms with Crippen LogP contribution in [0.2, 0.25) is 5.02 Å². The molecule has 1 atom stereocenters. The Morgan fingerprint density at radius 1 is 1.24 bits per heavy atom. The Balaban J connectivity index is 0.000000242. The maximum Gasteiger partial charge on any atom is 0.328 e. The van der Waals surface area contributed by atoms with Crippen LogP contribution in [0.3, 0.4) is 0 Å². The molecule has 3 rings (SSSR count). The number of pyridine rings is 1. The number of benzene rings is 1. The highest BCUT2D eigenvalue weighted by Crippen LogP contribution is 2.37. The third-order valence-corrected chi connectivity index (χ3v) is 3.93. The maximum atomic E-state index is 10.0. The Morgan fingerprint density at radius 2 is 1.88 bits per heavy atom. The molecule has 1 aromatic carbocycles. The lowest BCUT2D eigenvalue weighted by atomic mass is 9.90. The van der Waals surface area contributed by atoms with Gasteiger partial charge < -0.3 is 21.1 Å². The second-order valence-electron chi connectivity index (χ2n) is 5.47. The first-order valence-corrected chi connectivity index (χ1v) is 7.87. The highest BCUT2D eigenvalue weighted by molar-refractivity contribution is 6.31. The molecule has 1 aromatic heterocycles. The minimum atomic E-state index is -1.26. The summed E-state index contributed by atoms with van der Waals surface area (Å²) in [7, 11) is 0. The molecule has 8 heteroatoms. The first-order chi connectivity index (χ1) is 11.8. The zero-order valence-electron chi connectivity index (χ0n) is 13.1. The van der Waals surface area contributed by atoms with E-state index in [1.165, 1.54) is 0 Å². The number of nitrogens with zero attached hydrogens (tertiary/aromatic N) is 1. The van der Waals surface area contributed by atoms with E-state index in [9.17, 15) is 14.7 Å². The number of nitrogens with two attached hydrogens (primary N) is 1. The molecule has 0 saturated heterocycles. The van der Waals surface area contributed by atoms with Gasteiger partial charge in [-0.3, -0.25) is 4.98 Å². The van der Waals surface area contributed by atoms with Crippen LogP contribution < -0.4 is 5.73 Å². The second-order valence-corrected chi connectivity index (χ2v) is 5.90. The Hall–Kier alpha value is -2.64.